The second-order valence-corrected chi connectivity index (χ2v) is 6.49. The number of hydrogen-bond acceptors (Lipinski definition) is 5. The minimum atomic E-state index is -4.48. The Morgan fingerprint density at radius 3 is 2.47 bits per heavy atom. The third kappa shape index (κ3) is 6.93. The zero-order valence-electron chi connectivity index (χ0n) is 17.2. The second-order valence-electron chi connectivity index (χ2n) is 6.49. The summed E-state index contributed by atoms with van der Waals surface area (Å²) < 4.78 is 54.2. The lowest BCUT2D eigenvalue weighted by Crippen LogP contribution is -2.32. The van der Waals surface area contributed by atoms with Crippen LogP contribution in [0.4, 0.5) is 13.2 Å². The Morgan fingerprint density at radius 1 is 1.16 bits per heavy atom. The van der Waals surface area contributed by atoms with Crippen LogP contribution >= 0.6 is 0 Å². The Labute approximate surface area is 183 Å². The molecule has 1 N–H and O–H groups in total. The second kappa shape index (κ2) is 11.6. The lowest BCUT2D eigenvalue weighted by molar-refractivity contribution is -0.137. The fraction of sp³-hybridized carbons (Fsp3) is 0.304. The Kier molecular flexibility index (Phi) is 8.94. The summed E-state index contributed by atoms with van der Waals surface area (Å²) in [7, 11) is 1.47. The van der Waals surface area contributed by atoms with Crippen LogP contribution in [0, 0.1) is 23.7 Å². The molecule has 0 spiro atoms. The maximum atomic E-state index is 12.8. The third-order valence-electron chi connectivity index (χ3n) is 4.35. The standard InChI is InChI=1S/C23H21F3N2O4/c1-3-13-32-21(17-5-7-18(8-6-17)23(24,25)26)22(29)28-12-10-16-4-9-19(31-14-11-27)20(15-16)30-2/h1,4-9,15,21H,10,12-14H2,2H3,(H,28,29). The molecule has 2 aromatic rings. The minimum Gasteiger partial charge on any atom is -0.493 e. The lowest BCUT2D eigenvalue weighted by Gasteiger charge is -2.18. The molecular formula is C23H21F3N2O4. The first-order chi connectivity index (χ1) is 15.3. The number of methoxy groups -OCH3 is 1. The van der Waals surface area contributed by atoms with Gasteiger partial charge in [-0.25, -0.2) is 0 Å². The van der Waals surface area contributed by atoms with Crippen molar-refractivity contribution in [2.75, 3.05) is 26.9 Å². The quantitative estimate of drug-likeness (QED) is 0.564. The highest BCUT2D eigenvalue weighted by atomic mass is 19.4. The summed E-state index contributed by atoms with van der Waals surface area (Å²) in [6.07, 6.45) is -0.00151. The summed E-state index contributed by atoms with van der Waals surface area (Å²) in [5, 5.41) is 11.3. The van der Waals surface area contributed by atoms with Crippen molar-refractivity contribution in [3.8, 4) is 29.9 Å². The summed E-state index contributed by atoms with van der Waals surface area (Å²) in [6, 6.07) is 11.2. The normalized spacial score (nSPS) is 11.7. The molecule has 168 valence electrons. The molecule has 0 aromatic heterocycles. The first-order valence-corrected chi connectivity index (χ1v) is 9.46. The van der Waals surface area contributed by atoms with E-state index < -0.39 is 23.8 Å². The van der Waals surface area contributed by atoms with Crippen LogP contribution < -0.4 is 14.8 Å². The number of amides is 1. The predicted molar refractivity (Wildman–Crippen MR) is 110 cm³/mol. The number of rotatable bonds is 10. The Bertz CT molecular complexity index is 992. The van der Waals surface area contributed by atoms with Gasteiger partial charge in [0.1, 0.15) is 12.7 Å². The van der Waals surface area contributed by atoms with E-state index in [0.717, 1.165) is 17.7 Å². The number of nitriles is 1. The maximum absolute atomic E-state index is 12.8. The number of halogens is 3. The monoisotopic (exact) mass is 446 g/mol. The number of carbonyl (C=O) groups is 1. The first-order valence-electron chi connectivity index (χ1n) is 9.46. The summed E-state index contributed by atoms with van der Waals surface area (Å²) in [5.74, 6) is 2.59. The van der Waals surface area contributed by atoms with Gasteiger partial charge in [-0.2, -0.15) is 18.4 Å². The van der Waals surface area contributed by atoms with Crippen LogP contribution in [0.2, 0.25) is 0 Å². The van der Waals surface area contributed by atoms with Crippen molar-refractivity contribution < 1.29 is 32.2 Å². The number of carbonyl (C=O) groups excluding carboxylic acids is 1. The Morgan fingerprint density at radius 2 is 1.88 bits per heavy atom. The van der Waals surface area contributed by atoms with Crippen LogP contribution in [-0.4, -0.2) is 32.8 Å². The molecule has 0 bridgehead atoms. The molecule has 0 heterocycles. The summed E-state index contributed by atoms with van der Waals surface area (Å²) in [4.78, 5) is 12.6. The minimum absolute atomic E-state index is 0.116. The molecule has 0 aliphatic heterocycles. The smallest absolute Gasteiger partial charge is 0.416 e. The van der Waals surface area contributed by atoms with Crippen molar-refractivity contribution >= 4 is 5.91 Å². The SMILES string of the molecule is C#CCOC(C(=O)NCCc1ccc(OCC#N)c(OC)c1)c1ccc(C(F)(F)F)cc1. The van der Waals surface area contributed by atoms with Crippen molar-refractivity contribution in [3.05, 3.63) is 59.2 Å². The van der Waals surface area contributed by atoms with Crippen molar-refractivity contribution in [2.45, 2.75) is 18.7 Å². The molecule has 6 nitrogen and oxygen atoms in total. The molecule has 2 aromatic carbocycles. The molecule has 0 saturated heterocycles. The van der Waals surface area contributed by atoms with Crippen molar-refractivity contribution in [1.29, 1.82) is 5.26 Å². The van der Waals surface area contributed by atoms with Crippen LogP contribution in [0.5, 0.6) is 11.5 Å². The predicted octanol–water partition coefficient (Wildman–Crippen LogP) is 3.67. The molecule has 1 amide bonds. The number of hydrogen-bond donors (Lipinski definition) is 1. The Balaban J connectivity index is 2.03. The van der Waals surface area contributed by atoms with E-state index in [0.29, 0.717) is 17.9 Å². The van der Waals surface area contributed by atoms with Crippen LogP contribution in [0.15, 0.2) is 42.5 Å². The lowest BCUT2D eigenvalue weighted by atomic mass is 10.1. The molecule has 0 aliphatic rings. The first kappa shape index (κ1) is 24.6. The summed E-state index contributed by atoms with van der Waals surface area (Å²) >= 11 is 0. The number of nitrogens with one attached hydrogen (secondary N) is 1. The largest absolute Gasteiger partial charge is 0.493 e. The van der Waals surface area contributed by atoms with Gasteiger partial charge in [-0.1, -0.05) is 24.1 Å². The number of benzene rings is 2. The topological polar surface area (TPSA) is 80.6 Å². The zero-order chi connectivity index (χ0) is 23.6. The van der Waals surface area contributed by atoms with Gasteiger partial charge >= 0.3 is 6.18 Å². The number of nitrogens with zero attached hydrogens (tertiary/aromatic N) is 1. The van der Waals surface area contributed by atoms with Crippen molar-refractivity contribution in [1.82, 2.24) is 5.32 Å². The number of ether oxygens (including phenoxy) is 3. The van der Waals surface area contributed by atoms with E-state index in [2.05, 4.69) is 11.2 Å². The van der Waals surface area contributed by atoms with Crippen molar-refractivity contribution in [3.63, 3.8) is 0 Å². The Hall–Kier alpha value is -3.69. The highest BCUT2D eigenvalue weighted by Crippen LogP contribution is 2.31. The maximum Gasteiger partial charge on any atom is 0.416 e. The van der Waals surface area contributed by atoms with Gasteiger partial charge in [0, 0.05) is 6.54 Å². The van der Waals surface area contributed by atoms with E-state index in [4.69, 9.17) is 25.9 Å². The molecule has 1 unspecified atom stereocenters. The summed E-state index contributed by atoms with van der Waals surface area (Å²) in [6.45, 7) is -0.0633. The van der Waals surface area contributed by atoms with Crippen molar-refractivity contribution in [2.24, 2.45) is 0 Å². The molecule has 1 atom stereocenters. The molecule has 0 fully saturated rings. The fourth-order valence-electron chi connectivity index (χ4n) is 2.82. The molecule has 0 radical (unpaired) electrons. The third-order valence-corrected chi connectivity index (χ3v) is 4.35. The molecule has 0 saturated carbocycles. The molecule has 2 rings (SSSR count). The van der Waals surface area contributed by atoms with Crippen LogP contribution in [-0.2, 0) is 22.1 Å². The van der Waals surface area contributed by atoms with Gasteiger partial charge in [-0.3, -0.25) is 4.79 Å². The average Bonchev–Trinajstić information content (AvgIpc) is 2.78. The van der Waals surface area contributed by atoms with Gasteiger partial charge in [0.25, 0.3) is 5.91 Å². The molecule has 0 aliphatic carbocycles. The molecule has 9 heteroatoms. The van der Waals surface area contributed by atoms with Crippen LogP contribution in [0.25, 0.3) is 0 Å². The number of alkyl halides is 3. The molecule has 32 heavy (non-hydrogen) atoms. The van der Waals surface area contributed by atoms with Gasteiger partial charge in [0.2, 0.25) is 0 Å². The van der Waals surface area contributed by atoms with E-state index in [1.165, 1.54) is 19.2 Å². The van der Waals surface area contributed by atoms with Gasteiger partial charge in [-0.05, 0) is 41.8 Å². The van der Waals surface area contributed by atoms with Gasteiger partial charge in [-0.15, -0.1) is 6.42 Å². The molecular weight excluding hydrogens is 425 g/mol. The zero-order valence-corrected chi connectivity index (χ0v) is 17.2. The fourth-order valence-corrected chi connectivity index (χ4v) is 2.82. The average molecular weight is 446 g/mol. The highest BCUT2D eigenvalue weighted by Gasteiger charge is 2.31. The van der Waals surface area contributed by atoms with Crippen LogP contribution in [0.3, 0.4) is 0 Å². The van der Waals surface area contributed by atoms with Gasteiger partial charge in [0.15, 0.2) is 24.2 Å². The van der Waals surface area contributed by atoms with Gasteiger partial charge in [0.05, 0.1) is 12.7 Å². The van der Waals surface area contributed by atoms with Gasteiger partial charge < -0.3 is 19.5 Å². The van der Waals surface area contributed by atoms with E-state index in [1.54, 1.807) is 18.2 Å². The van der Waals surface area contributed by atoms with E-state index in [-0.39, 0.29) is 25.3 Å². The summed E-state index contributed by atoms with van der Waals surface area (Å²) in [5.41, 5.74) is 0.266. The van der Waals surface area contributed by atoms with Crippen LogP contribution in [0.1, 0.15) is 22.8 Å². The number of terminal acetylenes is 1. The highest BCUT2D eigenvalue weighted by molar-refractivity contribution is 5.82. The van der Waals surface area contributed by atoms with E-state index in [9.17, 15) is 18.0 Å². The van der Waals surface area contributed by atoms with E-state index in [1.807, 2.05) is 6.07 Å². The van der Waals surface area contributed by atoms with E-state index >= 15 is 0 Å².